The van der Waals surface area contributed by atoms with Crippen molar-refractivity contribution in [3.05, 3.63) is 53.6 Å². The van der Waals surface area contributed by atoms with Crippen molar-refractivity contribution < 1.29 is 9.53 Å². The summed E-state index contributed by atoms with van der Waals surface area (Å²) in [5.74, 6) is 0.898. The summed E-state index contributed by atoms with van der Waals surface area (Å²) in [4.78, 5) is 14.3. The fraction of sp³-hybridized carbons (Fsp3) is 0.235. The highest BCUT2D eigenvalue weighted by atomic mass is 16.5. The normalized spacial score (nSPS) is 13.1. The van der Waals surface area contributed by atoms with E-state index < -0.39 is 0 Å². The molecule has 1 aliphatic heterocycles. The van der Waals surface area contributed by atoms with Crippen LogP contribution in [0.2, 0.25) is 0 Å². The number of benzene rings is 2. The highest BCUT2D eigenvalue weighted by Crippen LogP contribution is 2.32. The van der Waals surface area contributed by atoms with Crippen molar-refractivity contribution in [2.45, 2.75) is 12.8 Å². The minimum atomic E-state index is 0.101. The summed E-state index contributed by atoms with van der Waals surface area (Å²) >= 11 is 0. The van der Waals surface area contributed by atoms with Gasteiger partial charge in [0, 0.05) is 23.5 Å². The highest BCUT2D eigenvalue weighted by molar-refractivity contribution is 5.97. The van der Waals surface area contributed by atoms with Crippen molar-refractivity contribution in [2.24, 2.45) is 0 Å². The number of hydrogen-bond donors (Lipinski definition) is 1. The van der Waals surface area contributed by atoms with Gasteiger partial charge in [-0.1, -0.05) is 18.2 Å². The molecular weight excluding hydrogens is 264 g/mol. The van der Waals surface area contributed by atoms with Gasteiger partial charge in [-0.25, -0.2) is 0 Å². The Morgan fingerprint density at radius 3 is 2.71 bits per heavy atom. The summed E-state index contributed by atoms with van der Waals surface area (Å²) in [6.45, 7) is 0.707. The third kappa shape index (κ3) is 2.57. The quantitative estimate of drug-likeness (QED) is 0.880. The second-order valence-electron chi connectivity index (χ2n) is 5.17. The van der Waals surface area contributed by atoms with Gasteiger partial charge in [0.2, 0.25) is 5.91 Å². The molecule has 0 spiro atoms. The molecule has 21 heavy (non-hydrogen) atoms. The first-order chi connectivity index (χ1) is 10.2. The lowest BCUT2D eigenvalue weighted by atomic mass is 10.1. The molecule has 0 aromatic heterocycles. The second kappa shape index (κ2) is 5.48. The van der Waals surface area contributed by atoms with Gasteiger partial charge in [-0.2, -0.15) is 0 Å². The molecular formula is C17H18N2O2. The maximum absolute atomic E-state index is 12.5. The van der Waals surface area contributed by atoms with E-state index in [4.69, 9.17) is 10.5 Å². The topological polar surface area (TPSA) is 55.6 Å². The van der Waals surface area contributed by atoms with Gasteiger partial charge in [0.25, 0.3) is 0 Å². The maximum Gasteiger partial charge on any atom is 0.231 e. The molecule has 0 fully saturated rings. The monoisotopic (exact) mass is 282 g/mol. The van der Waals surface area contributed by atoms with E-state index in [0.717, 1.165) is 34.7 Å². The number of rotatable bonds is 3. The van der Waals surface area contributed by atoms with Crippen molar-refractivity contribution in [1.82, 2.24) is 0 Å². The number of methoxy groups -OCH3 is 1. The Kier molecular flexibility index (Phi) is 3.52. The summed E-state index contributed by atoms with van der Waals surface area (Å²) in [5.41, 5.74) is 9.76. The fourth-order valence-electron chi connectivity index (χ4n) is 2.73. The maximum atomic E-state index is 12.5. The molecule has 0 radical (unpaired) electrons. The lowest BCUT2D eigenvalue weighted by molar-refractivity contribution is -0.117. The molecule has 0 saturated heterocycles. The minimum Gasteiger partial charge on any atom is -0.497 e. The Morgan fingerprint density at radius 1 is 1.24 bits per heavy atom. The first-order valence-corrected chi connectivity index (χ1v) is 6.99. The first kappa shape index (κ1) is 13.5. The third-order valence-corrected chi connectivity index (χ3v) is 3.88. The van der Waals surface area contributed by atoms with Crippen LogP contribution in [0, 0.1) is 0 Å². The van der Waals surface area contributed by atoms with Crippen molar-refractivity contribution >= 4 is 17.3 Å². The number of carbonyl (C=O) groups excluding carboxylic acids is 1. The predicted molar refractivity (Wildman–Crippen MR) is 83.6 cm³/mol. The molecule has 2 N–H and O–H groups in total. The molecule has 0 bridgehead atoms. The van der Waals surface area contributed by atoms with Crippen LogP contribution in [-0.2, 0) is 17.6 Å². The Bertz CT molecular complexity index is 665. The molecule has 4 nitrogen and oxygen atoms in total. The molecule has 3 rings (SSSR count). The zero-order valence-corrected chi connectivity index (χ0v) is 12.0. The predicted octanol–water partition coefficient (Wildman–Crippen LogP) is 2.41. The van der Waals surface area contributed by atoms with Gasteiger partial charge in [-0.05, 0) is 36.2 Å². The van der Waals surface area contributed by atoms with Crippen molar-refractivity contribution in [3.8, 4) is 5.75 Å². The van der Waals surface area contributed by atoms with E-state index in [9.17, 15) is 4.79 Å². The van der Waals surface area contributed by atoms with Crippen LogP contribution in [0.5, 0.6) is 5.75 Å². The van der Waals surface area contributed by atoms with Gasteiger partial charge in [0.1, 0.15) is 5.75 Å². The molecule has 0 unspecified atom stereocenters. The van der Waals surface area contributed by atoms with Crippen LogP contribution in [-0.4, -0.2) is 19.6 Å². The number of ether oxygens (including phenoxy) is 1. The van der Waals surface area contributed by atoms with E-state index in [1.807, 2.05) is 47.4 Å². The SMILES string of the molecule is COc1ccc(CC(=O)N2CCc3c(N)cccc32)cc1. The average molecular weight is 282 g/mol. The van der Waals surface area contributed by atoms with Crippen LogP contribution in [0.1, 0.15) is 11.1 Å². The molecule has 0 atom stereocenters. The van der Waals surface area contributed by atoms with Crippen molar-refractivity contribution in [2.75, 3.05) is 24.3 Å². The minimum absolute atomic E-state index is 0.101. The Morgan fingerprint density at radius 2 is 2.00 bits per heavy atom. The zero-order chi connectivity index (χ0) is 14.8. The van der Waals surface area contributed by atoms with Crippen molar-refractivity contribution in [1.29, 1.82) is 0 Å². The number of amides is 1. The molecule has 2 aromatic carbocycles. The lowest BCUT2D eigenvalue weighted by Gasteiger charge is -2.17. The van der Waals surface area contributed by atoms with Crippen LogP contribution in [0.15, 0.2) is 42.5 Å². The molecule has 108 valence electrons. The number of nitrogens with two attached hydrogens (primary N) is 1. The van der Waals surface area contributed by atoms with Gasteiger partial charge < -0.3 is 15.4 Å². The second-order valence-corrected chi connectivity index (χ2v) is 5.17. The van der Waals surface area contributed by atoms with Crippen LogP contribution >= 0.6 is 0 Å². The number of anilines is 2. The number of hydrogen-bond acceptors (Lipinski definition) is 3. The van der Waals surface area contributed by atoms with Crippen LogP contribution in [0.4, 0.5) is 11.4 Å². The Balaban J connectivity index is 1.77. The molecule has 0 saturated carbocycles. The van der Waals surface area contributed by atoms with Gasteiger partial charge >= 0.3 is 0 Å². The largest absolute Gasteiger partial charge is 0.497 e. The van der Waals surface area contributed by atoms with Gasteiger partial charge in [-0.15, -0.1) is 0 Å². The van der Waals surface area contributed by atoms with E-state index in [0.29, 0.717) is 13.0 Å². The molecule has 0 aliphatic carbocycles. The summed E-state index contributed by atoms with van der Waals surface area (Å²) in [7, 11) is 1.63. The fourth-order valence-corrected chi connectivity index (χ4v) is 2.73. The van der Waals surface area contributed by atoms with Gasteiger partial charge in [0.05, 0.1) is 13.5 Å². The Labute approximate surface area is 124 Å². The number of fused-ring (bicyclic) bond motifs is 1. The number of nitrogens with zero attached hydrogens (tertiary/aromatic N) is 1. The Hall–Kier alpha value is -2.49. The van der Waals surface area contributed by atoms with Crippen LogP contribution in [0.25, 0.3) is 0 Å². The summed E-state index contributed by atoms with van der Waals surface area (Å²) in [6, 6.07) is 13.3. The standard InChI is InChI=1S/C17H18N2O2/c1-21-13-7-5-12(6-8-13)11-17(20)19-10-9-14-15(18)3-2-4-16(14)19/h2-8H,9-11,18H2,1H3. The molecule has 4 heteroatoms. The summed E-state index contributed by atoms with van der Waals surface area (Å²) < 4.78 is 5.12. The van der Waals surface area contributed by atoms with E-state index >= 15 is 0 Å². The number of nitrogen functional groups attached to an aromatic ring is 1. The highest BCUT2D eigenvalue weighted by Gasteiger charge is 2.25. The summed E-state index contributed by atoms with van der Waals surface area (Å²) in [6.07, 6.45) is 1.22. The third-order valence-electron chi connectivity index (χ3n) is 3.88. The smallest absolute Gasteiger partial charge is 0.231 e. The van der Waals surface area contributed by atoms with E-state index in [1.165, 1.54) is 0 Å². The van der Waals surface area contributed by atoms with Crippen molar-refractivity contribution in [3.63, 3.8) is 0 Å². The molecule has 1 heterocycles. The number of carbonyl (C=O) groups is 1. The van der Waals surface area contributed by atoms with E-state index in [2.05, 4.69) is 0 Å². The molecule has 1 amide bonds. The van der Waals surface area contributed by atoms with Crippen LogP contribution < -0.4 is 15.4 Å². The lowest BCUT2D eigenvalue weighted by Crippen LogP contribution is -2.30. The van der Waals surface area contributed by atoms with Gasteiger partial charge in [-0.3, -0.25) is 4.79 Å². The molecule has 2 aromatic rings. The van der Waals surface area contributed by atoms with Gasteiger partial charge in [0.15, 0.2) is 0 Å². The van der Waals surface area contributed by atoms with E-state index in [1.54, 1.807) is 7.11 Å². The summed E-state index contributed by atoms with van der Waals surface area (Å²) in [5, 5.41) is 0. The van der Waals surface area contributed by atoms with E-state index in [-0.39, 0.29) is 5.91 Å². The van der Waals surface area contributed by atoms with Crippen LogP contribution in [0.3, 0.4) is 0 Å². The zero-order valence-electron chi connectivity index (χ0n) is 12.0. The first-order valence-electron chi connectivity index (χ1n) is 6.99. The average Bonchev–Trinajstić information content (AvgIpc) is 2.93. The molecule has 1 aliphatic rings.